The molecule has 2 aromatic rings. The first-order valence-electron chi connectivity index (χ1n) is 4.42. The van der Waals surface area contributed by atoms with E-state index in [1.807, 2.05) is 19.1 Å². The minimum absolute atomic E-state index is 0.391. The van der Waals surface area contributed by atoms with E-state index in [2.05, 4.69) is 25.5 Å². The summed E-state index contributed by atoms with van der Waals surface area (Å²) in [6, 6.07) is 5.44. The third-order valence-corrected chi connectivity index (χ3v) is 3.04. The molecule has 0 radical (unpaired) electrons. The van der Waals surface area contributed by atoms with E-state index in [9.17, 15) is 4.79 Å². The molecule has 6 heteroatoms. The number of nitrogens with zero attached hydrogens (tertiary/aromatic N) is 2. The Morgan fingerprint density at radius 3 is 2.94 bits per heavy atom. The number of aromatic nitrogens is 2. The topological polar surface area (TPSA) is 52.1 Å². The van der Waals surface area contributed by atoms with Gasteiger partial charge in [-0.05, 0) is 42.2 Å². The average molecular weight is 299 g/mol. The standard InChI is InChI=1S/C10H7BrN2O2S/c1-6-4-7(11)2-3-8(6)15-10(14)9-5-12-13-16-9/h2-5H,1H3. The fraction of sp³-hybridized carbons (Fsp3) is 0.100. The van der Waals surface area contributed by atoms with Crippen molar-refractivity contribution in [2.24, 2.45) is 0 Å². The van der Waals surface area contributed by atoms with Gasteiger partial charge in [0.05, 0.1) is 6.20 Å². The molecule has 2 rings (SSSR count). The maximum Gasteiger partial charge on any atom is 0.357 e. The van der Waals surface area contributed by atoms with Crippen molar-refractivity contribution in [1.82, 2.24) is 9.59 Å². The maximum absolute atomic E-state index is 11.6. The van der Waals surface area contributed by atoms with Gasteiger partial charge in [0.2, 0.25) is 0 Å². The van der Waals surface area contributed by atoms with Crippen LogP contribution >= 0.6 is 27.5 Å². The lowest BCUT2D eigenvalue weighted by molar-refractivity contribution is 0.0738. The number of hydrogen-bond donors (Lipinski definition) is 0. The van der Waals surface area contributed by atoms with E-state index in [-0.39, 0.29) is 0 Å². The van der Waals surface area contributed by atoms with Crippen LogP contribution in [0.3, 0.4) is 0 Å². The van der Waals surface area contributed by atoms with Gasteiger partial charge in [0, 0.05) is 4.47 Å². The van der Waals surface area contributed by atoms with Gasteiger partial charge in [-0.1, -0.05) is 20.4 Å². The van der Waals surface area contributed by atoms with Gasteiger partial charge in [0.25, 0.3) is 0 Å². The zero-order valence-electron chi connectivity index (χ0n) is 8.31. The Bertz CT molecular complexity index is 514. The van der Waals surface area contributed by atoms with Gasteiger partial charge in [-0.2, -0.15) is 0 Å². The van der Waals surface area contributed by atoms with E-state index < -0.39 is 5.97 Å². The van der Waals surface area contributed by atoms with Crippen molar-refractivity contribution in [3.63, 3.8) is 0 Å². The third-order valence-electron chi connectivity index (χ3n) is 1.90. The van der Waals surface area contributed by atoms with E-state index >= 15 is 0 Å². The van der Waals surface area contributed by atoms with Crippen molar-refractivity contribution in [3.8, 4) is 5.75 Å². The number of esters is 1. The molecule has 1 heterocycles. The van der Waals surface area contributed by atoms with Crippen LogP contribution in [0.15, 0.2) is 28.9 Å². The maximum atomic E-state index is 11.6. The van der Waals surface area contributed by atoms with Crippen molar-refractivity contribution in [3.05, 3.63) is 39.3 Å². The van der Waals surface area contributed by atoms with Crippen LogP contribution < -0.4 is 4.74 Å². The highest BCUT2D eigenvalue weighted by Gasteiger charge is 2.12. The zero-order valence-corrected chi connectivity index (χ0v) is 10.7. The number of rotatable bonds is 2. The number of carbonyl (C=O) groups is 1. The Hall–Kier alpha value is -1.27. The largest absolute Gasteiger partial charge is 0.422 e. The average Bonchev–Trinajstić information content (AvgIpc) is 2.75. The molecule has 16 heavy (non-hydrogen) atoms. The number of benzene rings is 1. The molecule has 0 spiro atoms. The summed E-state index contributed by atoms with van der Waals surface area (Å²) in [5, 5.41) is 3.58. The highest BCUT2D eigenvalue weighted by Crippen LogP contribution is 2.23. The van der Waals surface area contributed by atoms with Crippen molar-refractivity contribution in [2.45, 2.75) is 6.92 Å². The predicted octanol–water partition coefficient (Wildman–Crippen LogP) is 2.83. The van der Waals surface area contributed by atoms with E-state index in [1.165, 1.54) is 6.20 Å². The Balaban J connectivity index is 2.18. The Morgan fingerprint density at radius 2 is 2.31 bits per heavy atom. The summed E-state index contributed by atoms with van der Waals surface area (Å²) in [6.45, 7) is 1.87. The molecule has 0 amide bonds. The van der Waals surface area contributed by atoms with Gasteiger partial charge in [-0.15, -0.1) is 5.10 Å². The fourth-order valence-corrected chi connectivity index (χ4v) is 2.00. The minimum Gasteiger partial charge on any atom is -0.422 e. The van der Waals surface area contributed by atoms with Crippen LogP contribution in [0, 0.1) is 6.92 Å². The molecule has 0 aliphatic carbocycles. The van der Waals surface area contributed by atoms with Gasteiger partial charge in [0.15, 0.2) is 4.88 Å². The van der Waals surface area contributed by atoms with E-state index in [4.69, 9.17) is 4.74 Å². The third kappa shape index (κ3) is 2.45. The normalized spacial score (nSPS) is 10.1. The molecule has 1 aromatic carbocycles. The fourth-order valence-electron chi connectivity index (χ4n) is 1.13. The molecule has 0 N–H and O–H groups in total. The van der Waals surface area contributed by atoms with Gasteiger partial charge >= 0.3 is 5.97 Å². The minimum atomic E-state index is -0.430. The highest BCUT2D eigenvalue weighted by molar-refractivity contribution is 9.10. The summed E-state index contributed by atoms with van der Waals surface area (Å²) in [6.07, 6.45) is 1.39. The number of carbonyl (C=O) groups excluding carboxylic acids is 1. The quantitative estimate of drug-likeness (QED) is 0.632. The van der Waals surface area contributed by atoms with E-state index in [1.54, 1.807) is 6.07 Å². The number of aryl methyl sites for hydroxylation is 1. The molecule has 82 valence electrons. The second kappa shape index (κ2) is 4.71. The number of halogens is 1. The van der Waals surface area contributed by atoms with Crippen molar-refractivity contribution < 1.29 is 9.53 Å². The summed E-state index contributed by atoms with van der Waals surface area (Å²) < 4.78 is 9.77. The van der Waals surface area contributed by atoms with Crippen LogP contribution in [0.2, 0.25) is 0 Å². The second-order valence-corrected chi connectivity index (χ2v) is 4.78. The van der Waals surface area contributed by atoms with Gasteiger partial charge < -0.3 is 4.74 Å². The molecule has 0 fully saturated rings. The summed E-state index contributed by atoms with van der Waals surface area (Å²) >= 11 is 4.36. The Kier molecular flexibility index (Phi) is 3.31. The molecule has 0 aliphatic rings. The molecule has 4 nitrogen and oxygen atoms in total. The van der Waals surface area contributed by atoms with E-state index in [0.29, 0.717) is 10.6 Å². The van der Waals surface area contributed by atoms with Crippen LogP contribution in [-0.2, 0) is 0 Å². The van der Waals surface area contributed by atoms with Gasteiger partial charge in [-0.3, -0.25) is 0 Å². The van der Waals surface area contributed by atoms with Crippen molar-refractivity contribution in [2.75, 3.05) is 0 Å². The molecule has 0 saturated carbocycles. The van der Waals surface area contributed by atoms with Crippen molar-refractivity contribution >= 4 is 33.4 Å². The Labute approximate surface area is 105 Å². The van der Waals surface area contributed by atoms with Crippen LogP contribution in [0.4, 0.5) is 0 Å². The molecule has 0 atom stereocenters. The predicted molar refractivity (Wildman–Crippen MR) is 63.7 cm³/mol. The van der Waals surface area contributed by atoms with Gasteiger partial charge in [0.1, 0.15) is 5.75 Å². The Morgan fingerprint density at radius 1 is 1.50 bits per heavy atom. The lowest BCUT2D eigenvalue weighted by Gasteiger charge is -2.05. The van der Waals surface area contributed by atoms with E-state index in [0.717, 1.165) is 21.6 Å². The molecular formula is C10H7BrN2O2S. The monoisotopic (exact) mass is 298 g/mol. The van der Waals surface area contributed by atoms with Crippen LogP contribution in [0.25, 0.3) is 0 Å². The summed E-state index contributed by atoms with van der Waals surface area (Å²) in [4.78, 5) is 12.0. The first-order valence-corrected chi connectivity index (χ1v) is 5.99. The summed E-state index contributed by atoms with van der Waals surface area (Å²) in [5.74, 6) is 0.113. The lowest BCUT2D eigenvalue weighted by Crippen LogP contribution is -2.07. The summed E-state index contributed by atoms with van der Waals surface area (Å²) in [7, 11) is 0. The molecule has 0 unspecified atom stereocenters. The highest BCUT2D eigenvalue weighted by atomic mass is 79.9. The first kappa shape index (κ1) is 11.2. The molecule has 0 saturated heterocycles. The SMILES string of the molecule is Cc1cc(Br)ccc1OC(=O)c1cnns1. The van der Waals surface area contributed by atoms with Gasteiger partial charge in [-0.25, -0.2) is 4.79 Å². The smallest absolute Gasteiger partial charge is 0.357 e. The first-order chi connectivity index (χ1) is 7.66. The molecule has 0 bridgehead atoms. The lowest BCUT2D eigenvalue weighted by atomic mass is 10.2. The molecule has 0 aliphatic heterocycles. The zero-order chi connectivity index (χ0) is 11.5. The number of ether oxygens (including phenoxy) is 1. The second-order valence-electron chi connectivity index (χ2n) is 3.08. The van der Waals surface area contributed by atoms with Crippen LogP contribution in [-0.4, -0.2) is 15.6 Å². The van der Waals surface area contributed by atoms with Crippen LogP contribution in [0.5, 0.6) is 5.75 Å². The van der Waals surface area contributed by atoms with Crippen molar-refractivity contribution in [1.29, 1.82) is 0 Å². The number of hydrogen-bond acceptors (Lipinski definition) is 5. The molecular weight excluding hydrogens is 292 g/mol. The summed E-state index contributed by atoms with van der Waals surface area (Å²) in [5.41, 5.74) is 0.889. The molecule has 1 aromatic heterocycles. The van der Waals surface area contributed by atoms with Crippen LogP contribution in [0.1, 0.15) is 15.2 Å².